The van der Waals surface area contributed by atoms with Gasteiger partial charge in [-0.2, -0.15) is 0 Å². The lowest BCUT2D eigenvalue weighted by Crippen LogP contribution is -2.24. The Morgan fingerprint density at radius 2 is 1.89 bits per heavy atom. The number of methoxy groups -OCH3 is 2. The molecular formula is C15H23NO3. The fourth-order valence-electron chi connectivity index (χ4n) is 1.70. The Balaban J connectivity index is 2.57. The van der Waals surface area contributed by atoms with E-state index in [4.69, 9.17) is 9.47 Å². The molecule has 0 aliphatic carbocycles. The van der Waals surface area contributed by atoms with Crippen LogP contribution in [0.4, 0.5) is 0 Å². The minimum atomic E-state index is 0.0599. The molecule has 0 aromatic heterocycles. The van der Waals surface area contributed by atoms with Crippen LogP contribution in [-0.2, 0) is 0 Å². The molecule has 0 fully saturated rings. The first-order valence-corrected chi connectivity index (χ1v) is 6.54. The summed E-state index contributed by atoms with van der Waals surface area (Å²) in [5.74, 6) is 1.91. The van der Waals surface area contributed by atoms with E-state index in [2.05, 4.69) is 19.2 Å². The van der Waals surface area contributed by atoms with Crippen LogP contribution in [-0.4, -0.2) is 33.1 Å². The van der Waals surface area contributed by atoms with Crippen LogP contribution in [0.25, 0.3) is 0 Å². The molecule has 1 N–H and O–H groups in total. The standard InChI is InChI=1S/C15H23NO3/c1-11(2)7-8-16-10-13(17)12-5-6-14(18-3)15(9-12)19-4/h5-6,9,11,16H,7-8,10H2,1-4H3. The number of rotatable bonds is 8. The van der Waals surface area contributed by atoms with Crippen LogP contribution in [0, 0.1) is 5.92 Å². The molecular weight excluding hydrogens is 242 g/mol. The summed E-state index contributed by atoms with van der Waals surface area (Å²) in [5, 5.41) is 3.16. The predicted molar refractivity (Wildman–Crippen MR) is 76.2 cm³/mol. The summed E-state index contributed by atoms with van der Waals surface area (Å²) >= 11 is 0. The Kier molecular flexibility index (Phi) is 6.36. The van der Waals surface area contributed by atoms with Crippen LogP contribution in [0.3, 0.4) is 0 Å². The van der Waals surface area contributed by atoms with E-state index in [1.807, 2.05) is 0 Å². The molecule has 0 spiro atoms. The van der Waals surface area contributed by atoms with Gasteiger partial charge in [0.25, 0.3) is 0 Å². The summed E-state index contributed by atoms with van der Waals surface area (Å²) in [6.07, 6.45) is 1.07. The van der Waals surface area contributed by atoms with Gasteiger partial charge in [-0.3, -0.25) is 4.79 Å². The normalized spacial score (nSPS) is 10.6. The van der Waals surface area contributed by atoms with Gasteiger partial charge in [-0.05, 0) is 37.1 Å². The van der Waals surface area contributed by atoms with Crippen LogP contribution in [0.5, 0.6) is 11.5 Å². The van der Waals surface area contributed by atoms with Gasteiger partial charge in [-0.25, -0.2) is 0 Å². The summed E-state index contributed by atoms with van der Waals surface area (Å²) in [7, 11) is 3.14. The molecule has 0 heterocycles. The van der Waals surface area contributed by atoms with Crippen molar-refractivity contribution in [1.29, 1.82) is 0 Å². The number of ether oxygens (including phenoxy) is 2. The van der Waals surface area contributed by atoms with Gasteiger partial charge in [0.2, 0.25) is 0 Å². The van der Waals surface area contributed by atoms with Gasteiger partial charge < -0.3 is 14.8 Å². The van der Waals surface area contributed by atoms with Crippen molar-refractivity contribution < 1.29 is 14.3 Å². The molecule has 0 atom stereocenters. The van der Waals surface area contributed by atoms with E-state index in [1.54, 1.807) is 32.4 Å². The highest BCUT2D eigenvalue weighted by molar-refractivity contribution is 5.98. The molecule has 0 bridgehead atoms. The van der Waals surface area contributed by atoms with Gasteiger partial charge in [0.1, 0.15) is 0 Å². The van der Waals surface area contributed by atoms with Crippen molar-refractivity contribution in [3.05, 3.63) is 23.8 Å². The Bertz CT molecular complexity index is 416. The minimum absolute atomic E-state index is 0.0599. The van der Waals surface area contributed by atoms with Crippen molar-refractivity contribution >= 4 is 5.78 Å². The van der Waals surface area contributed by atoms with Crippen LogP contribution in [0.1, 0.15) is 30.6 Å². The van der Waals surface area contributed by atoms with E-state index in [0.29, 0.717) is 29.5 Å². The maximum absolute atomic E-state index is 12.0. The van der Waals surface area contributed by atoms with E-state index >= 15 is 0 Å². The molecule has 0 aliphatic rings. The molecule has 0 amide bonds. The van der Waals surface area contributed by atoms with E-state index in [0.717, 1.165) is 13.0 Å². The van der Waals surface area contributed by atoms with Gasteiger partial charge in [-0.15, -0.1) is 0 Å². The van der Waals surface area contributed by atoms with Crippen molar-refractivity contribution in [2.75, 3.05) is 27.3 Å². The third kappa shape index (κ3) is 4.91. The molecule has 0 unspecified atom stereocenters. The summed E-state index contributed by atoms with van der Waals surface area (Å²) in [6, 6.07) is 5.22. The molecule has 0 aliphatic heterocycles. The monoisotopic (exact) mass is 265 g/mol. The maximum atomic E-state index is 12.0. The molecule has 1 aromatic carbocycles. The van der Waals surface area contributed by atoms with Crippen molar-refractivity contribution in [3.63, 3.8) is 0 Å². The zero-order valence-corrected chi connectivity index (χ0v) is 12.2. The summed E-state index contributed by atoms with van der Waals surface area (Å²) in [4.78, 5) is 12.0. The zero-order valence-electron chi connectivity index (χ0n) is 12.2. The van der Waals surface area contributed by atoms with E-state index < -0.39 is 0 Å². The molecule has 1 aromatic rings. The average Bonchev–Trinajstić information content (AvgIpc) is 2.42. The fraction of sp³-hybridized carbons (Fsp3) is 0.533. The van der Waals surface area contributed by atoms with Crippen molar-refractivity contribution in [2.24, 2.45) is 5.92 Å². The molecule has 0 saturated carbocycles. The quantitative estimate of drug-likeness (QED) is 0.579. The van der Waals surface area contributed by atoms with Crippen LogP contribution in [0.15, 0.2) is 18.2 Å². The lowest BCUT2D eigenvalue weighted by molar-refractivity contribution is 0.0990. The number of benzene rings is 1. The highest BCUT2D eigenvalue weighted by atomic mass is 16.5. The number of hydrogen-bond acceptors (Lipinski definition) is 4. The van der Waals surface area contributed by atoms with Crippen LogP contribution < -0.4 is 14.8 Å². The topological polar surface area (TPSA) is 47.6 Å². The molecule has 0 saturated heterocycles. The lowest BCUT2D eigenvalue weighted by Gasteiger charge is -2.10. The van der Waals surface area contributed by atoms with Crippen LogP contribution in [0.2, 0.25) is 0 Å². The zero-order chi connectivity index (χ0) is 14.3. The highest BCUT2D eigenvalue weighted by Gasteiger charge is 2.10. The number of Topliss-reactive ketones (excluding diaryl/α,β-unsaturated/α-hetero) is 1. The smallest absolute Gasteiger partial charge is 0.176 e. The van der Waals surface area contributed by atoms with Crippen molar-refractivity contribution in [1.82, 2.24) is 5.32 Å². The highest BCUT2D eigenvalue weighted by Crippen LogP contribution is 2.27. The Labute approximate surface area is 115 Å². The fourth-order valence-corrected chi connectivity index (χ4v) is 1.70. The minimum Gasteiger partial charge on any atom is -0.493 e. The van der Waals surface area contributed by atoms with Crippen molar-refractivity contribution in [2.45, 2.75) is 20.3 Å². The largest absolute Gasteiger partial charge is 0.493 e. The summed E-state index contributed by atoms with van der Waals surface area (Å²) in [5.41, 5.74) is 0.634. The summed E-state index contributed by atoms with van der Waals surface area (Å²) < 4.78 is 10.3. The number of nitrogens with one attached hydrogen (secondary N) is 1. The SMILES string of the molecule is COc1ccc(C(=O)CNCCC(C)C)cc1OC. The number of hydrogen-bond donors (Lipinski definition) is 1. The van der Waals surface area contributed by atoms with Gasteiger partial charge >= 0.3 is 0 Å². The second-order valence-electron chi connectivity index (χ2n) is 4.85. The number of ketones is 1. The molecule has 0 radical (unpaired) electrons. The third-order valence-corrected chi connectivity index (χ3v) is 2.89. The van der Waals surface area contributed by atoms with E-state index in [9.17, 15) is 4.79 Å². The Hall–Kier alpha value is -1.55. The Morgan fingerprint density at radius 3 is 2.47 bits per heavy atom. The first-order valence-electron chi connectivity index (χ1n) is 6.54. The second kappa shape index (κ2) is 7.79. The average molecular weight is 265 g/mol. The first-order chi connectivity index (χ1) is 9.08. The number of carbonyl (C=O) groups is 1. The number of carbonyl (C=O) groups excluding carboxylic acids is 1. The second-order valence-corrected chi connectivity index (χ2v) is 4.85. The van der Waals surface area contributed by atoms with Gasteiger partial charge in [0, 0.05) is 5.56 Å². The van der Waals surface area contributed by atoms with Gasteiger partial charge in [-0.1, -0.05) is 13.8 Å². The Morgan fingerprint density at radius 1 is 1.21 bits per heavy atom. The molecule has 4 nitrogen and oxygen atoms in total. The predicted octanol–water partition coefficient (Wildman–Crippen LogP) is 2.52. The summed E-state index contributed by atoms with van der Waals surface area (Å²) in [6.45, 7) is 5.54. The molecule has 4 heteroatoms. The van der Waals surface area contributed by atoms with E-state index in [1.165, 1.54) is 0 Å². The van der Waals surface area contributed by atoms with Crippen molar-refractivity contribution in [3.8, 4) is 11.5 Å². The van der Waals surface area contributed by atoms with Gasteiger partial charge in [0.15, 0.2) is 17.3 Å². The lowest BCUT2D eigenvalue weighted by atomic mass is 10.1. The van der Waals surface area contributed by atoms with E-state index in [-0.39, 0.29) is 5.78 Å². The maximum Gasteiger partial charge on any atom is 0.176 e. The first kappa shape index (κ1) is 15.5. The molecule has 19 heavy (non-hydrogen) atoms. The third-order valence-electron chi connectivity index (χ3n) is 2.89. The molecule has 106 valence electrons. The van der Waals surface area contributed by atoms with Gasteiger partial charge in [0.05, 0.1) is 20.8 Å². The molecule has 1 rings (SSSR count). The van der Waals surface area contributed by atoms with Crippen LogP contribution >= 0.6 is 0 Å².